The second-order valence-corrected chi connectivity index (χ2v) is 8.91. The van der Waals surface area contributed by atoms with Crippen molar-refractivity contribution in [3.63, 3.8) is 0 Å². The van der Waals surface area contributed by atoms with E-state index in [2.05, 4.69) is 30.6 Å². The average molecular weight is 502 g/mol. The molecular formula is C24H29F2N7O3. The van der Waals surface area contributed by atoms with E-state index in [4.69, 9.17) is 4.74 Å². The van der Waals surface area contributed by atoms with Crippen LogP contribution in [0, 0.1) is 12.8 Å². The highest BCUT2D eigenvalue weighted by atomic mass is 19.3. The lowest BCUT2D eigenvalue weighted by molar-refractivity contribution is -0.143. The van der Waals surface area contributed by atoms with Crippen molar-refractivity contribution < 1.29 is 23.4 Å². The van der Waals surface area contributed by atoms with E-state index in [1.54, 1.807) is 23.9 Å². The number of anilines is 1. The fourth-order valence-electron chi connectivity index (χ4n) is 4.23. The van der Waals surface area contributed by atoms with E-state index >= 15 is 0 Å². The van der Waals surface area contributed by atoms with Gasteiger partial charge in [-0.2, -0.15) is 8.78 Å². The van der Waals surface area contributed by atoms with Gasteiger partial charge in [0.05, 0.1) is 35.6 Å². The zero-order chi connectivity index (χ0) is 25.9. The third-order valence-corrected chi connectivity index (χ3v) is 6.38. The topological polar surface area (TPSA) is 128 Å². The lowest BCUT2D eigenvalue weighted by atomic mass is 9.87. The second-order valence-electron chi connectivity index (χ2n) is 8.91. The van der Waals surface area contributed by atoms with Crippen LogP contribution in [0.1, 0.15) is 56.1 Å². The highest BCUT2D eigenvalue weighted by molar-refractivity contribution is 5.70. The first-order valence-electron chi connectivity index (χ1n) is 11.9. The Morgan fingerprint density at radius 2 is 2.08 bits per heavy atom. The van der Waals surface area contributed by atoms with Crippen molar-refractivity contribution in [2.75, 3.05) is 5.32 Å². The van der Waals surface area contributed by atoms with Crippen LogP contribution in [0.2, 0.25) is 0 Å². The average Bonchev–Trinajstić information content (AvgIpc) is 3.24. The van der Waals surface area contributed by atoms with Gasteiger partial charge >= 0.3 is 5.97 Å². The van der Waals surface area contributed by atoms with Crippen molar-refractivity contribution >= 4 is 11.9 Å². The van der Waals surface area contributed by atoms with Crippen LogP contribution in [0.25, 0.3) is 11.4 Å². The van der Waals surface area contributed by atoms with Gasteiger partial charge in [0.25, 0.3) is 5.92 Å². The number of aliphatic carboxylic acids is 1. The van der Waals surface area contributed by atoms with Crippen LogP contribution in [0.3, 0.4) is 0 Å². The summed E-state index contributed by atoms with van der Waals surface area (Å²) in [5.41, 5.74) is 2.07. The molecule has 1 fully saturated rings. The van der Waals surface area contributed by atoms with E-state index in [0.717, 1.165) is 12.8 Å². The molecule has 10 nitrogen and oxygen atoms in total. The van der Waals surface area contributed by atoms with Crippen LogP contribution in [0.5, 0.6) is 5.75 Å². The van der Waals surface area contributed by atoms with Gasteiger partial charge in [-0.1, -0.05) is 12.1 Å². The smallest absolute Gasteiger partial charge is 0.306 e. The molecule has 0 amide bonds. The number of carboxylic acid groups (broad SMARTS) is 1. The zero-order valence-corrected chi connectivity index (χ0v) is 20.4. The number of ether oxygens (including phenoxy) is 1. The first kappa shape index (κ1) is 25.4. The largest absolute Gasteiger partial charge is 0.489 e. The molecule has 1 aliphatic rings. The summed E-state index contributed by atoms with van der Waals surface area (Å²) in [6, 6.07) is 4.77. The quantitative estimate of drug-likeness (QED) is 0.445. The van der Waals surface area contributed by atoms with E-state index < -0.39 is 11.9 Å². The lowest BCUT2D eigenvalue weighted by Gasteiger charge is -2.27. The van der Waals surface area contributed by atoms with Gasteiger partial charge in [-0.15, -0.1) is 5.10 Å². The minimum atomic E-state index is -3.03. The number of aryl methyl sites for hydroxylation is 2. The summed E-state index contributed by atoms with van der Waals surface area (Å²) in [5.74, 6) is -3.53. The number of carboxylic acids is 1. The van der Waals surface area contributed by atoms with Gasteiger partial charge in [0.2, 0.25) is 5.95 Å². The fraction of sp³-hybridized carbons (Fsp3) is 0.500. The summed E-state index contributed by atoms with van der Waals surface area (Å²) in [5, 5.41) is 20.6. The molecule has 0 radical (unpaired) electrons. The molecule has 0 aliphatic heterocycles. The molecule has 0 spiro atoms. The minimum Gasteiger partial charge on any atom is -0.489 e. The van der Waals surface area contributed by atoms with Crippen LogP contribution < -0.4 is 10.1 Å². The Morgan fingerprint density at radius 1 is 1.28 bits per heavy atom. The highest BCUT2D eigenvalue weighted by Crippen LogP contribution is 2.31. The Morgan fingerprint density at radius 3 is 2.81 bits per heavy atom. The summed E-state index contributed by atoms with van der Waals surface area (Å²) in [6.07, 6.45) is 3.53. The first-order valence-corrected chi connectivity index (χ1v) is 11.9. The van der Waals surface area contributed by atoms with Crippen LogP contribution in [0.15, 0.2) is 24.4 Å². The molecule has 2 N–H and O–H groups in total. The molecule has 3 aromatic heterocycles. The molecule has 192 valence electrons. The van der Waals surface area contributed by atoms with Gasteiger partial charge < -0.3 is 15.2 Å². The lowest BCUT2D eigenvalue weighted by Crippen LogP contribution is -2.29. The van der Waals surface area contributed by atoms with Crippen LogP contribution in [0.4, 0.5) is 14.7 Å². The van der Waals surface area contributed by atoms with Gasteiger partial charge in [0, 0.05) is 19.7 Å². The number of halogens is 2. The van der Waals surface area contributed by atoms with E-state index in [-0.39, 0.29) is 36.6 Å². The van der Waals surface area contributed by atoms with Crippen molar-refractivity contribution in [1.82, 2.24) is 29.9 Å². The normalized spacial score (nSPS) is 18.1. The number of nitrogens with one attached hydrogen (secondary N) is 1. The molecule has 0 aromatic carbocycles. The van der Waals surface area contributed by atoms with Crippen LogP contribution in [-0.4, -0.2) is 47.1 Å². The molecule has 3 aromatic rings. The van der Waals surface area contributed by atoms with Gasteiger partial charge in [-0.3, -0.25) is 4.79 Å². The van der Waals surface area contributed by atoms with Gasteiger partial charge in [-0.05, 0) is 50.8 Å². The SMILES string of the molecule is CCC(F)(F)c1ccnc(NCc2c(-c3ccc(O[C@H]4CCC[C@H](C(=O)O)C4)c(C)n3)nnn2C)n1. The summed E-state index contributed by atoms with van der Waals surface area (Å²) in [4.78, 5) is 24.0. The number of alkyl halides is 2. The third-order valence-electron chi connectivity index (χ3n) is 6.38. The molecule has 0 bridgehead atoms. The van der Waals surface area contributed by atoms with Crippen molar-refractivity contribution in [2.24, 2.45) is 13.0 Å². The molecule has 0 unspecified atom stereocenters. The van der Waals surface area contributed by atoms with E-state index in [1.807, 2.05) is 6.92 Å². The number of pyridine rings is 1. The maximum atomic E-state index is 14.0. The number of rotatable bonds is 9. The summed E-state index contributed by atoms with van der Waals surface area (Å²) in [6.45, 7) is 3.41. The molecule has 1 aliphatic carbocycles. The van der Waals surface area contributed by atoms with Crippen molar-refractivity contribution in [1.29, 1.82) is 0 Å². The Bertz CT molecular complexity index is 1230. The minimum absolute atomic E-state index is 0.0767. The molecule has 2 atom stereocenters. The zero-order valence-electron chi connectivity index (χ0n) is 20.4. The number of aromatic nitrogens is 6. The van der Waals surface area contributed by atoms with E-state index in [1.165, 1.54) is 19.2 Å². The second kappa shape index (κ2) is 10.5. The van der Waals surface area contributed by atoms with Gasteiger partial charge in [-0.25, -0.2) is 19.6 Å². The van der Waals surface area contributed by atoms with Gasteiger partial charge in [0.1, 0.15) is 17.1 Å². The number of carbonyl (C=O) groups is 1. The summed E-state index contributed by atoms with van der Waals surface area (Å²) >= 11 is 0. The molecule has 4 rings (SSSR count). The Kier molecular flexibility index (Phi) is 7.41. The number of nitrogens with zero attached hydrogens (tertiary/aromatic N) is 6. The van der Waals surface area contributed by atoms with Crippen molar-refractivity contribution in [2.45, 2.75) is 64.5 Å². The number of hydrogen-bond acceptors (Lipinski definition) is 8. The molecular weight excluding hydrogens is 472 g/mol. The summed E-state index contributed by atoms with van der Waals surface area (Å²) < 4.78 is 35.7. The predicted molar refractivity (Wildman–Crippen MR) is 127 cm³/mol. The molecule has 3 heterocycles. The van der Waals surface area contributed by atoms with Crippen molar-refractivity contribution in [3.05, 3.63) is 41.5 Å². The van der Waals surface area contributed by atoms with Crippen LogP contribution >= 0.6 is 0 Å². The predicted octanol–water partition coefficient (Wildman–Crippen LogP) is 4.11. The standard InChI is InChI=1S/C24H29F2N7O3/c1-4-24(25,26)20-10-11-27-23(30-20)28-13-18-21(31-32-33(18)3)17-8-9-19(14(2)29-17)36-16-7-5-6-15(12-16)22(34)35/h8-11,15-16H,4-7,12-13H2,1-3H3,(H,34,35)(H,27,28,30)/t15-,16-/m0/s1. The van der Waals surface area contributed by atoms with Crippen molar-refractivity contribution in [3.8, 4) is 17.1 Å². The maximum absolute atomic E-state index is 14.0. The fourth-order valence-corrected chi connectivity index (χ4v) is 4.23. The van der Waals surface area contributed by atoms with E-state index in [0.29, 0.717) is 41.4 Å². The molecule has 0 saturated heterocycles. The molecule has 1 saturated carbocycles. The summed E-state index contributed by atoms with van der Waals surface area (Å²) in [7, 11) is 1.72. The Balaban J connectivity index is 1.48. The van der Waals surface area contributed by atoms with E-state index in [9.17, 15) is 18.7 Å². The van der Waals surface area contributed by atoms with Gasteiger partial charge in [0.15, 0.2) is 0 Å². The maximum Gasteiger partial charge on any atom is 0.306 e. The Hall–Kier alpha value is -3.70. The highest BCUT2D eigenvalue weighted by Gasteiger charge is 2.31. The monoisotopic (exact) mass is 501 g/mol. The van der Waals surface area contributed by atoms with Crippen LogP contribution in [-0.2, 0) is 24.3 Å². The number of hydrogen-bond donors (Lipinski definition) is 2. The Labute approximate surface area is 207 Å². The molecule has 12 heteroatoms. The third kappa shape index (κ3) is 5.58. The molecule has 36 heavy (non-hydrogen) atoms. The first-order chi connectivity index (χ1) is 17.2.